The minimum absolute atomic E-state index is 0.511. The van der Waals surface area contributed by atoms with Gasteiger partial charge in [0.05, 0.1) is 4.75 Å². The predicted octanol–water partition coefficient (Wildman–Crippen LogP) is 0.998. The van der Waals surface area contributed by atoms with E-state index in [1.807, 2.05) is 0 Å². The third-order valence-electron chi connectivity index (χ3n) is 2.40. The van der Waals surface area contributed by atoms with E-state index in [2.05, 4.69) is 6.92 Å². The van der Waals surface area contributed by atoms with Crippen molar-refractivity contribution < 1.29 is 8.42 Å². The molecule has 66 valence electrons. The molecule has 1 aliphatic carbocycles. The summed E-state index contributed by atoms with van der Waals surface area (Å²) < 4.78 is 21.5. The van der Waals surface area contributed by atoms with Crippen LogP contribution in [0.1, 0.15) is 39.0 Å². The van der Waals surface area contributed by atoms with Gasteiger partial charge in [-0.3, -0.25) is 0 Å². The Kier molecular flexibility index (Phi) is 2.25. The van der Waals surface area contributed by atoms with Crippen molar-refractivity contribution in [2.75, 3.05) is 0 Å². The van der Waals surface area contributed by atoms with Crippen LogP contribution in [0, 0.1) is 0 Å². The Balaban J connectivity index is 2.55. The van der Waals surface area contributed by atoms with E-state index in [-0.39, 0.29) is 0 Å². The highest BCUT2D eigenvalue weighted by Gasteiger charge is 2.51. The monoisotopic (exact) mass is 177 g/mol. The molecule has 4 heteroatoms. The summed E-state index contributed by atoms with van der Waals surface area (Å²) in [4.78, 5) is 0. The van der Waals surface area contributed by atoms with Crippen LogP contribution in [-0.4, -0.2) is 13.2 Å². The number of rotatable bonds is 4. The molecule has 3 nitrogen and oxygen atoms in total. The Bertz CT molecular complexity index is 229. The van der Waals surface area contributed by atoms with Crippen molar-refractivity contribution in [1.29, 1.82) is 0 Å². The molecule has 0 aliphatic heterocycles. The van der Waals surface area contributed by atoms with Gasteiger partial charge >= 0.3 is 0 Å². The first-order chi connectivity index (χ1) is 5.02. The van der Waals surface area contributed by atoms with E-state index in [1.54, 1.807) is 0 Å². The van der Waals surface area contributed by atoms with Gasteiger partial charge in [-0.05, 0) is 19.3 Å². The Labute approximate surface area is 68.0 Å². The number of hydrogen-bond acceptors (Lipinski definition) is 2. The molecule has 0 atom stereocenters. The maximum atomic E-state index is 11.0. The third kappa shape index (κ3) is 1.73. The molecule has 0 unspecified atom stereocenters. The lowest BCUT2D eigenvalue weighted by Crippen LogP contribution is -2.30. The standard InChI is InChI=1S/C7H15NO2S/c1-2-3-4-7(5-6-7)11(8,9)10/h2-6H2,1H3,(H2,8,9,10). The van der Waals surface area contributed by atoms with Crippen LogP contribution in [0.3, 0.4) is 0 Å². The number of primary sulfonamides is 1. The fourth-order valence-electron chi connectivity index (χ4n) is 1.32. The van der Waals surface area contributed by atoms with E-state index >= 15 is 0 Å². The molecule has 0 aromatic rings. The van der Waals surface area contributed by atoms with Crippen molar-refractivity contribution in [3.8, 4) is 0 Å². The summed E-state index contributed by atoms with van der Waals surface area (Å²) in [7, 11) is -3.26. The molecule has 0 amide bonds. The molecule has 1 rings (SSSR count). The smallest absolute Gasteiger partial charge is 0.214 e. The zero-order valence-corrected chi connectivity index (χ0v) is 7.65. The maximum Gasteiger partial charge on any atom is 0.214 e. The average Bonchev–Trinajstić information content (AvgIpc) is 2.61. The summed E-state index contributed by atoms with van der Waals surface area (Å²) in [5, 5.41) is 5.09. The van der Waals surface area contributed by atoms with Gasteiger partial charge in [0, 0.05) is 0 Å². The minimum atomic E-state index is -3.26. The third-order valence-corrected chi connectivity index (χ3v) is 4.22. The molecule has 0 heterocycles. The summed E-state index contributed by atoms with van der Waals surface area (Å²) in [6, 6.07) is 0. The quantitative estimate of drug-likeness (QED) is 0.696. The molecule has 1 fully saturated rings. The van der Waals surface area contributed by atoms with Gasteiger partial charge in [0.2, 0.25) is 10.0 Å². The Hall–Kier alpha value is -0.0900. The van der Waals surface area contributed by atoms with Crippen molar-refractivity contribution in [2.45, 2.75) is 43.8 Å². The number of nitrogens with two attached hydrogens (primary N) is 1. The first-order valence-corrected chi connectivity index (χ1v) is 5.59. The van der Waals surface area contributed by atoms with Gasteiger partial charge in [0.15, 0.2) is 0 Å². The fourth-order valence-corrected chi connectivity index (χ4v) is 2.42. The molecule has 2 N–H and O–H groups in total. The van der Waals surface area contributed by atoms with Crippen molar-refractivity contribution >= 4 is 10.0 Å². The average molecular weight is 177 g/mol. The molecule has 0 bridgehead atoms. The van der Waals surface area contributed by atoms with Crippen LogP contribution in [0.4, 0.5) is 0 Å². The Morgan fingerprint density at radius 3 is 2.27 bits per heavy atom. The van der Waals surface area contributed by atoms with Gasteiger partial charge in [-0.25, -0.2) is 13.6 Å². The molecular weight excluding hydrogens is 162 g/mol. The van der Waals surface area contributed by atoms with Gasteiger partial charge in [-0.2, -0.15) is 0 Å². The van der Waals surface area contributed by atoms with Gasteiger partial charge < -0.3 is 0 Å². The lowest BCUT2D eigenvalue weighted by atomic mass is 10.2. The topological polar surface area (TPSA) is 60.2 Å². The van der Waals surface area contributed by atoms with Crippen LogP contribution in [0.25, 0.3) is 0 Å². The van der Waals surface area contributed by atoms with Crippen molar-refractivity contribution in [3.05, 3.63) is 0 Å². The summed E-state index contributed by atoms with van der Waals surface area (Å²) in [5.41, 5.74) is 0. The zero-order valence-electron chi connectivity index (χ0n) is 6.84. The molecule has 1 saturated carbocycles. The second-order valence-corrected chi connectivity index (χ2v) is 5.29. The molecule has 1 aliphatic rings. The van der Waals surface area contributed by atoms with Gasteiger partial charge in [0.25, 0.3) is 0 Å². The zero-order chi connectivity index (χ0) is 8.54. The number of sulfonamides is 1. The number of hydrogen-bond donors (Lipinski definition) is 1. The van der Waals surface area contributed by atoms with E-state index in [0.29, 0.717) is 0 Å². The van der Waals surface area contributed by atoms with Crippen LogP contribution >= 0.6 is 0 Å². The molecule has 0 spiro atoms. The van der Waals surface area contributed by atoms with Gasteiger partial charge in [-0.15, -0.1) is 0 Å². The van der Waals surface area contributed by atoms with Crippen molar-refractivity contribution in [1.82, 2.24) is 0 Å². The summed E-state index contributed by atoms with van der Waals surface area (Å²) in [6.45, 7) is 2.05. The summed E-state index contributed by atoms with van der Waals surface area (Å²) in [6.07, 6.45) is 4.30. The van der Waals surface area contributed by atoms with E-state index < -0.39 is 14.8 Å². The highest BCUT2D eigenvalue weighted by molar-refractivity contribution is 7.90. The maximum absolute atomic E-state index is 11.0. The normalized spacial score (nSPS) is 21.6. The van der Waals surface area contributed by atoms with Crippen LogP contribution in [0.15, 0.2) is 0 Å². The van der Waals surface area contributed by atoms with Crippen LogP contribution in [-0.2, 0) is 10.0 Å². The Morgan fingerprint density at radius 1 is 1.45 bits per heavy atom. The van der Waals surface area contributed by atoms with E-state index in [9.17, 15) is 8.42 Å². The second-order valence-electron chi connectivity index (χ2n) is 3.33. The fraction of sp³-hybridized carbons (Fsp3) is 1.00. The highest BCUT2D eigenvalue weighted by atomic mass is 32.2. The molecule has 0 radical (unpaired) electrons. The van der Waals surface area contributed by atoms with Crippen molar-refractivity contribution in [3.63, 3.8) is 0 Å². The molecule has 11 heavy (non-hydrogen) atoms. The summed E-state index contributed by atoms with van der Waals surface area (Å²) >= 11 is 0. The summed E-state index contributed by atoms with van der Waals surface area (Å²) in [5.74, 6) is 0. The lowest BCUT2D eigenvalue weighted by molar-refractivity contribution is 0.561. The first kappa shape index (κ1) is 9.00. The Morgan fingerprint density at radius 2 is 2.00 bits per heavy atom. The van der Waals surface area contributed by atoms with E-state index in [1.165, 1.54) is 0 Å². The largest absolute Gasteiger partial charge is 0.228 e. The van der Waals surface area contributed by atoms with Crippen LogP contribution in [0.5, 0.6) is 0 Å². The van der Waals surface area contributed by atoms with Crippen molar-refractivity contribution in [2.24, 2.45) is 5.14 Å². The van der Waals surface area contributed by atoms with Crippen LogP contribution < -0.4 is 5.14 Å². The van der Waals surface area contributed by atoms with E-state index in [4.69, 9.17) is 5.14 Å². The van der Waals surface area contributed by atoms with Crippen LogP contribution in [0.2, 0.25) is 0 Å². The predicted molar refractivity (Wildman–Crippen MR) is 44.6 cm³/mol. The molecule has 0 aromatic carbocycles. The molecular formula is C7H15NO2S. The SMILES string of the molecule is CCCCC1(S(N)(=O)=O)CC1. The number of unbranched alkanes of at least 4 members (excludes halogenated alkanes) is 1. The first-order valence-electron chi connectivity index (χ1n) is 4.04. The van der Waals surface area contributed by atoms with Gasteiger partial charge in [-0.1, -0.05) is 19.8 Å². The van der Waals surface area contributed by atoms with E-state index in [0.717, 1.165) is 32.1 Å². The molecule has 0 saturated heterocycles. The van der Waals surface area contributed by atoms with Gasteiger partial charge in [0.1, 0.15) is 0 Å². The minimum Gasteiger partial charge on any atom is -0.228 e. The highest BCUT2D eigenvalue weighted by Crippen LogP contribution is 2.46. The lowest BCUT2D eigenvalue weighted by Gasteiger charge is -2.10. The molecule has 0 aromatic heterocycles. The second kappa shape index (κ2) is 2.75.